The molecule has 0 aromatic heterocycles. The van der Waals surface area contributed by atoms with Gasteiger partial charge < -0.3 is 15.8 Å². The van der Waals surface area contributed by atoms with Gasteiger partial charge in [-0.1, -0.05) is 6.07 Å². The third-order valence-corrected chi connectivity index (χ3v) is 4.79. The number of methoxy groups -OCH3 is 1. The molecule has 1 aromatic rings. The fraction of sp³-hybridized carbons (Fsp3) is 0.588. The van der Waals surface area contributed by atoms with Gasteiger partial charge in [-0.05, 0) is 55.7 Å². The topological polar surface area (TPSA) is 64.3 Å². The van der Waals surface area contributed by atoms with Crippen molar-refractivity contribution in [3.05, 3.63) is 28.8 Å². The predicted octanol–water partition coefficient (Wildman–Crippen LogP) is 1.93. The zero-order valence-electron chi connectivity index (χ0n) is 12.7. The Morgan fingerprint density at radius 2 is 2.10 bits per heavy atom. The monoisotopic (exact) mass is 288 g/mol. The first-order chi connectivity index (χ1) is 10.2. The molecule has 21 heavy (non-hydrogen) atoms. The highest BCUT2D eigenvalue weighted by atomic mass is 16.5. The number of hydrogen-bond acceptors (Lipinski definition) is 3. The van der Waals surface area contributed by atoms with Gasteiger partial charge in [-0.2, -0.15) is 0 Å². The highest BCUT2D eigenvalue weighted by molar-refractivity contribution is 5.79. The van der Waals surface area contributed by atoms with Crippen LogP contribution in [0.3, 0.4) is 0 Å². The number of ether oxygens (including phenoxy) is 1. The van der Waals surface area contributed by atoms with E-state index in [0.717, 1.165) is 43.4 Å². The van der Waals surface area contributed by atoms with Crippen LogP contribution in [0.4, 0.5) is 0 Å². The Hall–Kier alpha value is -1.55. The van der Waals surface area contributed by atoms with Gasteiger partial charge in [0, 0.05) is 24.1 Å². The number of carbonyl (C=O) groups excluding carboxylic acids is 1. The van der Waals surface area contributed by atoms with Gasteiger partial charge in [0.05, 0.1) is 7.11 Å². The van der Waals surface area contributed by atoms with E-state index < -0.39 is 0 Å². The van der Waals surface area contributed by atoms with Crippen molar-refractivity contribution in [2.24, 2.45) is 11.7 Å². The summed E-state index contributed by atoms with van der Waals surface area (Å²) in [7, 11) is 1.69. The second-order valence-electron chi connectivity index (χ2n) is 6.27. The molecule has 0 heterocycles. The Bertz CT molecular complexity index is 542. The van der Waals surface area contributed by atoms with Crippen molar-refractivity contribution in [1.82, 2.24) is 5.32 Å². The summed E-state index contributed by atoms with van der Waals surface area (Å²) in [5.41, 5.74) is 9.75. The summed E-state index contributed by atoms with van der Waals surface area (Å²) in [6.45, 7) is 0.543. The fourth-order valence-corrected chi connectivity index (χ4v) is 3.56. The van der Waals surface area contributed by atoms with Gasteiger partial charge >= 0.3 is 0 Å². The maximum Gasteiger partial charge on any atom is 0.223 e. The van der Waals surface area contributed by atoms with E-state index in [1.807, 2.05) is 0 Å². The van der Waals surface area contributed by atoms with Crippen LogP contribution < -0.4 is 15.8 Å². The molecule has 2 aliphatic rings. The summed E-state index contributed by atoms with van der Waals surface area (Å²) in [4.78, 5) is 12.2. The number of benzene rings is 1. The van der Waals surface area contributed by atoms with Crippen molar-refractivity contribution in [3.8, 4) is 5.75 Å². The van der Waals surface area contributed by atoms with Crippen LogP contribution in [0.25, 0.3) is 0 Å². The largest absolute Gasteiger partial charge is 0.496 e. The second kappa shape index (κ2) is 6.06. The predicted molar refractivity (Wildman–Crippen MR) is 82.2 cm³/mol. The van der Waals surface area contributed by atoms with Crippen molar-refractivity contribution < 1.29 is 9.53 Å². The number of aryl methyl sites for hydroxylation is 2. The highest BCUT2D eigenvalue weighted by Gasteiger charge is 2.27. The highest BCUT2D eigenvalue weighted by Crippen LogP contribution is 2.30. The van der Waals surface area contributed by atoms with E-state index in [1.54, 1.807) is 7.11 Å². The number of carbonyl (C=O) groups is 1. The first kappa shape index (κ1) is 14.4. The quantitative estimate of drug-likeness (QED) is 0.890. The van der Waals surface area contributed by atoms with E-state index in [2.05, 4.69) is 17.4 Å². The average Bonchev–Trinajstić information content (AvgIpc) is 3.11. The minimum Gasteiger partial charge on any atom is -0.496 e. The van der Waals surface area contributed by atoms with E-state index in [1.165, 1.54) is 17.5 Å². The van der Waals surface area contributed by atoms with E-state index in [4.69, 9.17) is 10.5 Å². The summed E-state index contributed by atoms with van der Waals surface area (Å²) >= 11 is 0. The van der Waals surface area contributed by atoms with E-state index in [9.17, 15) is 4.79 Å². The Morgan fingerprint density at radius 3 is 2.76 bits per heavy atom. The van der Waals surface area contributed by atoms with Crippen LogP contribution in [0.2, 0.25) is 0 Å². The summed E-state index contributed by atoms with van der Waals surface area (Å²) in [6.07, 6.45) is 6.17. The molecule has 0 saturated heterocycles. The maximum atomic E-state index is 12.2. The molecule has 0 spiro atoms. The molecule has 1 amide bonds. The fourth-order valence-electron chi connectivity index (χ4n) is 3.56. The molecule has 2 unspecified atom stereocenters. The van der Waals surface area contributed by atoms with Crippen molar-refractivity contribution in [2.75, 3.05) is 7.11 Å². The number of nitrogens with one attached hydrogen (secondary N) is 1. The number of hydrogen-bond donors (Lipinski definition) is 2. The first-order valence-electron chi connectivity index (χ1n) is 7.89. The molecule has 114 valence electrons. The average molecular weight is 288 g/mol. The van der Waals surface area contributed by atoms with Gasteiger partial charge in [0.1, 0.15) is 5.75 Å². The minimum absolute atomic E-state index is 0.0837. The lowest BCUT2D eigenvalue weighted by Gasteiger charge is -2.14. The molecule has 1 aromatic carbocycles. The van der Waals surface area contributed by atoms with E-state index >= 15 is 0 Å². The van der Waals surface area contributed by atoms with Gasteiger partial charge in [0.2, 0.25) is 5.91 Å². The molecule has 3 rings (SSSR count). The Labute approximate surface area is 126 Å². The molecule has 2 aliphatic carbocycles. The van der Waals surface area contributed by atoms with Gasteiger partial charge in [-0.3, -0.25) is 4.79 Å². The van der Waals surface area contributed by atoms with Crippen molar-refractivity contribution in [3.63, 3.8) is 0 Å². The third-order valence-electron chi connectivity index (χ3n) is 4.79. The molecular weight excluding hydrogens is 264 g/mol. The van der Waals surface area contributed by atoms with Crippen LogP contribution in [-0.4, -0.2) is 19.1 Å². The Kier molecular flexibility index (Phi) is 4.15. The zero-order valence-corrected chi connectivity index (χ0v) is 12.7. The summed E-state index contributed by atoms with van der Waals surface area (Å²) < 4.78 is 5.47. The molecule has 4 nitrogen and oxygen atoms in total. The van der Waals surface area contributed by atoms with Crippen LogP contribution in [0.1, 0.15) is 42.4 Å². The normalized spacial score (nSPS) is 23.9. The second-order valence-corrected chi connectivity index (χ2v) is 6.27. The van der Waals surface area contributed by atoms with Gasteiger partial charge in [0.25, 0.3) is 0 Å². The number of nitrogens with two attached hydrogens (primary N) is 1. The Balaban J connectivity index is 1.66. The zero-order chi connectivity index (χ0) is 14.8. The lowest BCUT2D eigenvalue weighted by atomic mass is 10.0. The van der Waals surface area contributed by atoms with E-state index in [-0.39, 0.29) is 17.9 Å². The number of fused-ring (bicyclic) bond motifs is 1. The van der Waals surface area contributed by atoms with Crippen LogP contribution in [0, 0.1) is 5.92 Å². The van der Waals surface area contributed by atoms with Crippen LogP contribution in [0.15, 0.2) is 12.1 Å². The lowest BCUT2D eigenvalue weighted by Crippen LogP contribution is -2.30. The van der Waals surface area contributed by atoms with Crippen LogP contribution in [0.5, 0.6) is 5.75 Å². The first-order valence-corrected chi connectivity index (χ1v) is 7.89. The van der Waals surface area contributed by atoms with Crippen molar-refractivity contribution in [2.45, 2.75) is 51.1 Å². The maximum absolute atomic E-state index is 12.2. The third kappa shape index (κ3) is 3.05. The van der Waals surface area contributed by atoms with Crippen molar-refractivity contribution in [1.29, 1.82) is 0 Å². The van der Waals surface area contributed by atoms with Crippen molar-refractivity contribution >= 4 is 5.91 Å². The number of rotatable bonds is 4. The van der Waals surface area contributed by atoms with Crippen LogP contribution >= 0.6 is 0 Å². The van der Waals surface area contributed by atoms with Crippen LogP contribution in [-0.2, 0) is 24.2 Å². The molecule has 2 atom stereocenters. The smallest absolute Gasteiger partial charge is 0.223 e. The molecule has 1 saturated carbocycles. The molecule has 1 fully saturated rings. The minimum atomic E-state index is 0.0837. The standard InChI is InChI=1S/C17H24N2O2/c1-21-16-9-12-4-2-3-11(12)7-14(16)10-19-17(20)13-5-6-15(18)8-13/h7,9,13,15H,2-6,8,10,18H2,1H3,(H,19,20). The van der Waals surface area contributed by atoms with E-state index in [0.29, 0.717) is 6.54 Å². The number of amides is 1. The lowest BCUT2D eigenvalue weighted by molar-refractivity contribution is -0.125. The summed E-state index contributed by atoms with van der Waals surface area (Å²) in [5.74, 6) is 1.10. The van der Waals surface area contributed by atoms with Gasteiger partial charge in [-0.15, -0.1) is 0 Å². The molecule has 0 aliphatic heterocycles. The Morgan fingerprint density at radius 1 is 1.33 bits per heavy atom. The molecule has 0 radical (unpaired) electrons. The summed E-state index contributed by atoms with van der Waals surface area (Å²) in [5, 5.41) is 3.05. The molecule has 4 heteroatoms. The van der Waals surface area contributed by atoms with Gasteiger partial charge in [-0.25, -0.2) is 0 Å². The summed E-state index contributed by atoms with van der Waals surface area (Å²) in [6, 6.07) is 4.52. The molecular formula is C17H24N2O2. The van der Waals surface area contributed by atoms with Gasteiger partial charge in [0.15, 0.2) is 0 Å². The SMILES string of the molecule is COc1cc2c(cc1CNC(=O)C1CCC(N)C1)CCC2. The molecule has 0 bridgehead atoms. The molecule has 3 N–H and O–H groups in total.